The van der Waals surface area contributed by atoms with Crippen molar-refractivity contribution in [2.24, 2.45) is 11.8 Å². The van der Waals surface area contributed by atoms with Gasteiger partial charge in [-0.3, -0.25) is 9.59 Å². The van der Waals surface area contributed by atoms with Crippen LogP contribution in [-0.4, -0.2) is 87.7 Å². The van der Waals surface area contributed by atoms with E-state index in [1.54, 1.807) is 6.20 Å². The monoisotopic (exact) mass is 752 g/mol. The first-order valence-corrected chi connectivity index (χ1v) is 19.1. The van der Waals surface area contributed by atoms with Crippen LogP contribution >= 0.6 is 0 Å². The van der Waals surface area contributed by atoms with Gasteiger partial charge in [-0.25, -0.2) is 19.6 Å². The Bertz CT molecular complexity index is 1950. The van der Waals surface area contributed by atoms with Crippen LogP contribution in [0.25, 0.3) is 33.6 Å². The summed E-state index contributed by atoms with van der Waals surface area (Å²) in [4.78, 5) is 68.6. The van der Waals surface area contributed by atoms with Crippen molar-refractivity contribution < 1.29 is 28.7 Å². The van der Waals surface area contributed by atoms with Crippen LogP contribution in [0.2, 0.25) is 0 Å². The lowest BCUT2D eigenvalue weighted by molar-refractivity contribution is -0.135. The molecule has 2 aromatic heterocycles. The number of hydrogen-bond acceptors (Lipinski definition) is 8. The van der Waals surface area contributed by atoms with Crippen LogP contribution in [0.3, 0.4) is 0 Å². The van der Waals surface area contributed by atoms with E-state index in [2.05, 4.69) is 79.4 Å². The van der Waals surface area contributed by atoms with E-state index in [1.807, 2.05) is 38.8 Å². The van der Waals surface area contributed by atoms with Gasteiger partial charge in [0.25, 0.3) is 0 Å². The van der Waals surface area contributed by atoms with Crippen molar-refractivity contribution in [3.05, 3.63) is 72.6 Å². The van der Waals surface area contributed by atoms with Gasteiger partial charge in [0.05, 0.1) is 44.0 Å². The molecule has 0 radical (unpaired) electrons. The molecule has 0 spiro atoms. The van der Waals surface area contributed by atoms with Crippen LogP contribution in [0, 0.1) is 11.8 Å². The molecule has 55 heavy (non-hydrogen) atoms. The van der Waals surface area contributed by atoms with Gasteiger partial charge >= 0.3 is 12.2 Å². The molecule has 4 aromatic rings. The molecule has 0 bridgehead atoms. The van der Waals surface area contributed by atoms with Crippen LogP contribution < -0.4 is 16.0 Å². The van der Waals surface area contributed by atoms with E-state index in [0.717, 1.165) is 77.4 Å². The third-order valence-corrected chi connectivity index (χ3v) is 10.8. The summed E-state index contributed by atoms with van der Waals surface area (Å²) in [5, 5.41) is 8.50. The maximum atomic E-state index is 13.5. The van der Waals surface area contributed by atoms with Gasteiger partial charge in [0.15, 0.2) is 0 Å². The van der Waals surface area contributed by atoms with Crippen molar-refractivity contribution in [3.8, 4) is 33.6 Å². The van der Waals surface area contributed by atoms with E-state index >= 15 is 0 Å². The number of ether oxygens (including phenoxy) is 2. The molecule has 14 heteroatoms. The highest BCUT2D eigenvalue weighted by Gasteiger charge is 2.38. The lowest BCUT2D eigenvalue weighted by Gasteiger charge is -2.30. The molecule has 3 heterocycles. The van der Waals surface area contributed by atoms with Gasteiger partial charge in [0.2, 0.25) is 11.8 Å². The lowest BCUT2D eigenvalue weighted by Crippen LogP contribution is -2.52. The topological polar surface area (TPSA) is 183 Å². The Morgan fingerprint density at radius 2 is 1.20 bits per heavy atom. The summed E-state index contributed by atoms with van der Waals surface area (Å²) >= 11 is 0. The number of nitrogens with one attached hydrogen (secondary N) is 5. The van der Waals surface area contributed by atoms with Gasteiger partial charge < -0.3 is 40.3 Å². The predicted octanol–water partition coefficient (Wildman–Crippen LogP) is 6.31. The number of H-pyrrole nitrogens is 2. The number of hydrogen-bond donors (Lipinski definition) is 5. The molecule has 6 rings (SSSR count). The fourth-order valence-corrected chi connectivity index (χ4v) is 7.66. The maximum absolute atomic E-state index is 13.5. The van der Waals surface area contributed by atoms with Crippen molar-refractivity contribution in [2.45, 2.75) is 89.9 Å². The van der Waals surface area contributed by atoms with Gasteiger partial charge in [-0.05, 0) is 59.8 Å². The molecule has 1 aliphatic carbocycles. The van der Waals surface area contributed by atoms with Crippen molar-refractivity contribution in [2.75, 3.05) is 20.8 Å². The second kappa shape index (κ2) is 17.2. The zero-order valence-electron chi connectivity index (χ0n) is 32.3. The Balaban J connectivity index is 1.09. The van der Waals surface area contributed by atoms with Gasteiger partial charge in [-0.1, -0.05) is 82.6 Å². The fraction of sp³-hybridized carbons (Fsp3) is 0.463. The first-order chi connectivity index (χ1) is 26.5. The molecule has 0 unspecified atom stereocenters. The minimum Gasteiger partial charge on any atom is -0.453 e. The van der Waals surface area contributed by atoms with E-state index in [4.69, 9.17) is 14.5 Å². The summed E-state index contributed by atoms with van der Waals surface area (Å²) in [6, 6.07) is 14.9. The van der Waals surface area contributed by atoms with Gasteiger partial charge in [0, 0.05) is 18.5 Å². The lowest BCUT2D eigenvalue weighted by atomic mass is 9.99. The molecule has 1 saturated carbocycles. The van der Waals surface area contributed by atoms with Crippen LogP contribution in [0.15, 0.2) is 60.9 Å². The molecule has 5 atom stereocenters. The molecule has 1 aliphatic heterocycles. The van der Waals surface area contributed by atoms with Crippen molar-refractivity contribution in [1.82, 2.24) is 40.8 Å². The average molecular weight is 753 g/mol. The summed E-state index contributed by atoms with van der Waals surface area (Å²) in [5.74, 6) is 1.04. The Morgan fingerprint density at radius 3 is 1.75 bits per heavy atom. The molecule has 5 N–H and O–H groups in total. The number of amides is 4. The largest absolute Gasteiger partial charge is 0.453 e. The predicted molar refractivity (Wildman–Crippen MR) is 208 cm³/mol. The highest BCUT2D eigenvalue weighted by molar-refractivity contribution is 5.87. The first-order valence-electron chi connectivity index (χ1n) is 19.1. The number of imidazole rings is 2. The van der Waals surface area contributed by atoms with E-state index in [1.165, 1.54) is 14.2 Å². The number of carbonyl (C=O) groups is 4. The number of benzene rings is 2. The van der Waals surface area contributed by atoms with E-state index in [9.17, 15) is 19.2 Å². The van der Waals surface area contributed by atoms with Crippen molar-refractivity contribution in [1.29, 1.82) is 0 Å². The third-order valence-electron chi connectivity index (χ3n) is 10.8. The Labute approximate surface area is 321 Å². The summed E-state index contributed by atoms with van der Waals surface area (Å²) < 4.78 is 9.47. The smallest absolute Gasteiger partial charge is 0.407 e. The second-order valence-corrected chi connectivity index (χ2v) is 15.1. The SMILES string of the molecule is COC(=O)N[C@H](C(=O)N[C@@H]1CCC[C@H]1c1ncc(-c2ccc(-c3ccc(-c4cnc([C@@H]5CCCN5C(=O)[C@@H](NC(=O)OC)C(C)C)[nH]4)cc3)cc2)[nH]1)C(C)C. The van der Waals surface area contributed by atoms with Crippen molar-refractivity contribution >= 4 is 24.0 Å². The third kappa shape index (κ3) is 8.84. The molecule has 2 aliphatic rings. The molecule has 4 amide bonds. The summed E-state index contributed by atoms with van der Waals surface area (Å²) in [6.07, 6.45) is 6.73. The van der Waals surface area contributed by atoms with E-state index in [-0.39, 0.29) is 41.7 Å². The van der Waals surface area contributed by atoms with E-state index in [0.29, 0.717) is 6.54 Å². The normalized spacial score (nSPS) is 19.3. The Kier molecular flexibility index (Phi) is 12.2. The number of aromatic nitrogens is 4. The molecular weight excluding hydrogens is 701 g/mol. The molecular formula is C41H52N8O6. The number of aromatic amines is 2. The number of likely N-dealkylation sites (tertiary alicyclic amines) is 1. The van der Waals surface area contributed by atoms with Crippen LogP contribution in [0.4, 0.5) is 9.59 Å². The molecule has 292 valence electrons. The maximum Gasteiger partial charge on any atom is 0.407 e. The summed E-state index contributed by atoms with van der Waals surface area (Å²) in [5.41, 5.74) is 5.88. The van der Waals surface area contributed by atoms with Crippen LogP contribution in [0.5, 0.6) is 0 Å². The highest BCUT2D eigenvalue weighted by atomic mass is 16.5. The summed E-state index contributed by atoms with van der Waals surface area (Å²) in [6.45, 7) is 8.17. The average Bonchev–Trinajstić information content (AvgIpc) is 4.02. The van der Waals surface area contributed by atoms with Crippen LogP contribution in [-0.2, 0) is 19.1 Å². The number of nitrogens with zero attached hydrogens (tertiary/aromatic N) is 3. The highest BCUT2D eigenvalue weighted by Crippen LogP contribution is 2.36. The first kappa shape index (κ1) is 39.0. The van der Waals surface area contributed by atoms with Crippen molar-refractivity contribution in [3.63, 3.8) is 0 Å². The Hall–Kier alpha value is -5.66. The minimum atomic E-state index is -0.691. The molecule has 2 fully saturated rings. The molecule has 2 aromatic carbocycles. The Morgan fingerprint density at radius 1 is 0.691 bits per heavy atom. The van der Waals surface area contributed by atoms with Crippen LogP contribution in [0.1, 0.15) is 83.4 Å². The zero-order valence-corrected chi connectivity index (χ0v) is 32.3. The van der Waals surface area contributed by atoms with Gasteiger partial charge in [-0.15, -0.1) is 0 Å². The number of alkyl carbamates (subject to hydrolysis) is 2. The fourth-order valence-electron chi connectivity index (χ4n) is 7.66. The van der Waals surface area contributed by atoms with E-state index < -0.39 is 24.3 Å². The number of methoxy groups -OCH3 is 2. The molecule has 1 saturated heterocycles. The second-order valence-electron chi connectivity index (χ2n) is 15.1. The zero-order chi connectivity index (χ0) is 39.2. The number of rotatable bonds is 12. The number of carbonyl (C=O) groups excluding carboxylic acids is 4. The molecule has 14 nitrogen and oxygen atoms in total. The van der Waals surface area contributed by atoms with Gasteiger partial charge in [-0.2, -0.15) is 0 Å². The standard InChI is InChI=1S/C41H52N8O6/c1-23(2)34(47-40(52)54-5)38(50)46-30-10-7-9-29(30)36-42-21-31(44-36)27-16-12-25(13-17-27)26-14-18-28(19-15-26)32-22-43-37(45-32)33-11-8-20-49(33)39(51)35(24(3)4)48-41(53)55-6/h12-19,21-24,29-30,33-35H,7-11,20H2,1-6H3,(H,42,44)(H,43,45)(H,46,50)(H,47,52)(H,48,53)/t29-,30-,33+,34+,35+/m1/s1. The quantitative estimate of drug-likeness (QED) is 0.112. The van der Waals surface area contributed by atoms with Gasteiger partial charge in [0.1, 0.15) is 23.7 Å². The minimum absolute atomic E-state index is 0.0412. The summed E-state index contributed by atoms with van der Waals surface area (Å²) in [7, 11) is 2.57.